The van der Waals surface area contributed by atoms with Crippen molar-refractivity contribution in [3.05, 3.63) is 22.1 Å². The normalized spacial score (nSPS) is 10.7. The van der Waals surface area contributed by atoms with Crippen LogP contribution in [0.1, 0.15) is 5.82 Å². The summed E-state index contributed by atoms with van der Waals surface area (Å²) in [4.78, 5) is 13.8. The van der Waals surface area contributed by atoms with Gasteiger partial charge in [0.15, 0.2) is 0 Å². The molecule has 12 heteroatoms. The van der Waals surface area contributed by atoms with Crippen molar-refractivity contribution in [1.29, 1.82) is 0 Å². The second-order valence-corrected chi connectivity index (χ2v) is 3.08. The van der Waals surface area contributed by atoms with Gasteiger partial charge in [-0.25, -0.2) is 9.55 Å². The highest BCUT2D eigenvalue weighted by Crippen LogP contribution is 2.13. The molecule has 0 atom stereocenters. The Morgan fingerprint density at radius 1 is 1.47 bits per heavy atom. The summed E-state index contributed by atoms with van der Waals surface area (Å²) in [5.41, 5.74) is 15.6. The summed E-state index contributed by atoms with van der Waals surface area (Å²) in [6.07, 6.45) is 1.00. The molecule has 0 unspecified atom stereocenters. The van der Waals surface area contributed by atoms with E-state index in [9.17, 15) is 10.1 Å². The number of aliphatic hydroxyl groups is 1. The zero-order valence-electron chi connectivity index (χ0n) is 9.63. The zero-order valence-corrected chi connectivity index (χ0v) is 10.4. The van der Waals surface area contributed by atoms with Gasteiger partial charge >= 0.3 is 5.82 Å². The van der Waals surface area contributed by atoms with Crippen LogP contribution < -0.4 is 17.2 Å². The fourth-order valence-electron chi connectivity index (χ4n) is 1.19. The number of hydrogen-bond acceptors (Lipinski definition) is 6. The van der Waals surface area contributed by atoms with E-state index in [0.29, 0.717) is 0 Å². The maximum absolute atomic E-state index is 10.7. The molecular weight excluding hydrogens is 280 g/mol. The number of nitrogens with two attached hydrogens (primary N) is 3. The fraction of sp³-hybridized carbons (Fsp3) is 0.286. The number of nitro groups is 1. The first kappa shape index (κ1) is 16.6. The van der Waals surface area contributed by atoms with E-state index in [4.69, 9.17) is 22.3 Å². The topological polar surface area (TPSA) is 184 Å². The van der Waals surface area contributed by atoms with Crippen LogP contribution in [-0.2, 0) is 6.54 Å². The molecule has 0 radical (unpaired) electrons. The van der Waals surface area contributed by atoms with Crippen molar-refractivity contribution in [2.75, 3.05) is 6.61 Å². The Kier molecular flexibility index (Phi) is 6.23. The van der Waals surface area contributed by atoms with Gasteiger partial charge in [0.2, 0.25) is 11.8 Å². The monoisotopic (exact) mass is 292 g/mol. The minimum absolute atomic E-state index is 0. The van der Waals surface area contributed by atoms with Gasteiger partial charge < -0.3 is 32.4 Å². The Labute approximate surface area is 113 Å². The predicted molar refractivity (Wildman–Crippen MR) is 69.7 cm³/mol. The molecule has 0 bridgehead atoms. The second kappa shape index (κ2) is 7.13. The molecule has 0 spiro atoms. The van der Waals surface area contributed by atoms with Crippen LogP contribution in [0, 0.1) is 10.1 Å². The van der Waals surface area contributed by atoms with Gasteiger partial charge in [-0.2, -0.15) is 0 Å². The molecule has 0 aliphatic rings. The molecule has 106 valence electrons. The van der Waals surface area contributed by atoms with E-state index in [1.54, 1.807) is 0 Å². The van der Waals surface area contributed by atoms with Crippen molar-refractivity contribution in [2.45, 2.75) is 6.54 Å². The van der Waals surface area contributed by atoms with Crippen molar-refractivity contribution < 1.29 is 10.0 Å². The van der Waals surface area contributed by atoms with Gasteiger partial charge in [0.1, 0.15) is 12.7 Å². The lowest BCUT2D eigenvalue weighted by atomic mass is 10.5. The number of halogens is 1. The summed E-state index contributed by atoms with van der Waals surface area (Å²) in [6, 6.07) is 0. The summed E-state index contributed by atoms with van der Waals surface area (Å²) in [6.45, 7) is -0.372. The summed E-state index contributed by atoms with van der Waals surface area (Å²) >= 11 is 0. The van der Waals surface area contributed by atoms with E-state index in [1.807, 2.05) is 0 Å². The Morgan fingerprint density at radius 2 is 2.11 bits per heavy atom. The molecule has 0 amide bonds. The Balaban J connectivity index is 0.00000324. The largest absolute Gasteiger partial charge is 0.392 e. The molecule has 1 aromatic rings. The predicted octanol–water partition coefficient (Wildman–Crippen LogP) is -1.90. The quantitative estimate of drug-likeness (QED) is 0.211. The highest BCUT2D eigenvalue weighted by atomic mass is 35.5. The molecule has 1 rings (SSSR count). The number of amidine groups is 1. The molecule has 19 heavy (non-hydrogen) atoms. The molecule has 1 heterocycles. The zero-order chi connectivity index (χ0) is 13.7. The van der Waals surface area contributed by atoms with Gasteiger partial charge in [-0.3, -0.25) is 0 Å². The smallest absolute Gasteiger partial charge is 0.343 e. The van der Waals surface area contributed by atoms with Gasteiger partial charge in [-0.1, -0.05) is 0 Å². The van der Waals surface area contributed by atoms with Gasteiger partial charge in [-0.05, 0) is 4.92 Å². The van der Waals surface area contributed by atoms with Crippen molar-refractivity contribution in [2.24, 2.45) is 27.4 Å². The molecular formula is C7H13ClN8O3. The lowest BCUT2D eigenvalue weighted by Crippen LogP contribution is -2.24. The van der Waals surface area contributed by atoms with Crippen LogP contribution in [0.2, 0.25) is 0 Å². The first-order chi connectivity index (χ1) is 8.47. The second-order valence-electron chi connectivity index (χ2n) is 3.08. The first-order valence-corrected chi connectivity index (χ1v) is 4.70. The molecule has 0 aromatic carbocycles. The van der Waals surface area contributed by atoms with E-state index in [1.165, 1.54) is 0 Å². The molecule has 0 fully saturated rings. The number of nitrogens with zero attached hydrogens (tertiary/aromatic N) is 5. The van der Waals surface area contributed by atoms with E-state index in [0.717, 1.165) is 10.8 Å². The van der Waals surface area contributed by atoms with Gasteiger partial charge in [0, 0.05) is 0 Å². The summed E-state index contributed by atoms with van der Waals surface area (Å²) in [7, 11) is 0. The molecule has 0 saturated carbocycles. The maximum atomic E-state index is 10.7. The lowest BCUT2D eigenvalue weighted by Gasteiger charge is -2.01. The van der Waals surface area contributed by atoms with E-state index in [-0.39, 0.29) is 49.0 Å². The van der Waals surface area contributed by atoms with Crippen molar-refractivity contribution in [3.8, 4) is 0 Å². The molecule has 7 N–H and O–H groups in total. The Bertz CT molecular complexity index is 506. The number of guanidine groups is 1. The van der Waals surface area contributed by atoms with Gasteiger partial charge in [0.05, 0.1) is 6.61 Å². The third-order valence-electron chi connectivity index (χ3n) is 1.85. The van der Waals surface area contributed by atoms with Gasteiger partial charge in [0.25, 0.3) is 5.82 Å². The Hall–Kier alpha value is -2.40. The number of aromatic nitrogens is 2. The number of rotatable bonds is 5. The fourth-order valence-corrected chi connectivity index (χ4v) is 1.19. The van der Waals surface area contributed by atoms with Crippen LogP contribution in [0.4, 0.5) is 5.82 Å². The van der Waals surface area contributed by atoms with Crippen molar-refractivity contribution >= 4 is 30.0 Å². The van der Waals surface area contributed by atoms with Crippen LogP contribution in [0.3, 0.4) is 0 Å². The molecule has 11 nitrogen and oxygen atoms in total. The minimum atomic E-state index is -0.653. The van der Waals surface area contributed by atoms with E-state index >= 15 is 0 Å². The Morgan fingerprint density at radius 3 is 2.58 bits per heavy atom. The van der Waals surface area contributed by atoms with Crippen LogP contribution in [0.15, 0.2) is 16.4 Å². The van der Waals surface area contributed by atoms with Crippen LogP contribution >= 0.6 is 12.4 Å². The first-order valence-electron chi connectivity index (χ1n) is 4.70. The van der Waals surface area contributed by atoms with Crippen molar-refractivity contribution in [1.82, 2.24) is 9.55 Å². The third kappa shape index (κ3) is 4.08. The summed E-state index contributed by atoms with van der Waals surface area (Å²) < 4.78 is 1.10. The third-order valence-corrected chi connectivity index (χ3v) is 1.85. The molecule has 0 aliphatic carbocycles. The lowest BCUT2D eigenvalue weighted by molar-refractivity contribution is -0.392. The van der Waals surface area contributed by atoms with Crippen LogP contribution in [0.5, 0.6) is 0 Å². The molecule has 0 aliphatic heterocycles. The van der Waals surface area contributed by atoms with Gasteiger partial charge in [-0.15, -0.1) is 22.6 Å². The molecule has 1 aromatic heterocycles. The maximum Gasteiger partial charge on any atom is 0.343 e. The van der Waals surface area contributed by atoms with Crippen molar-refractivity contribution in [3.63, 3.8) is 0 Å². The number of aliphatic hydroxyl groups excluding tert-OH is 1. The minimum Gasteiger partial charge on any atom is -0.392 e. The average molecular weight is 293 g/mol. The number of imidazole rings is 1. The highest BCUT2D eigenvalue weighted by molar-refractivity contribution is 5.95. The standard InChI is InChI=1S/C7H12N8O3.ClH/c8-5(12-13-7(9)10)6-11-3-4(15(17)18)14(6)1-2-16;/h3,16H,1-2H2,(H2,8,12)(H4,9,10,13);1H. The summed E-state index contributed by atoms with van der Waals surface area (Å²) in [5.74, 6) is -0.833. The van der Waals surface area contributed by atoms with E-state index in [2.05, 4.69) is 15.2 Å². The number of hydrogen-bond donors (Lipinski definition) is 4. The highest BCUT2D eigenvalue weighted by Gasteiger charge is 2.22. The van der Waals surface area contributed by atoms with Crippen LogP contribution in [-0.4, -0.2) is 38.0 Å². The average Bonchev–Trinajstić information content (AvgIpc) is 2.70. The summed E-state index contributed by atoms with van der Waals surface area (Å²) in [5, 5.41) is 26.3. The molecule has 0 saturated heterocycles. The van der Waals surface area contributed by atoms with Crippen LogP contribution in [0.25, 0.3) is 0 Å². The van der Waals surface area contributed by atoms with E-state index < -0.39 is 4.92 Å². The SMILES string of the molecule is Cl.NC(N)=N/N=C(/N)c1ncc([N+](=O)[O-])n1CCO.